The van der Waals surface area contributed by atoms with Crippen LogP contribution in [-0.2, 0) is 11.2 Å². The zero-order valence-electron chi connectivity index (χ0n) is 9.93. The molecule has 1 aromatic carbocycles. The lowest BCUT2D eigenvalue weighted by molar-refractivity contribution is -0.119. The molecular weight excluding hydrogens is 230 g/mol. The Morgan fingerprint density at radius 3 is 3.00 bits per heavy atom. The number of carbonyl (C=O) groups is 1. The van der Waals surface area contributed by atoms with Gasteiger partial charge in [0.2, 0.25) is 0 Å². The summed E-state index contributed by atoms with van der Waals surface area (Å²) in [5.41, 5.74) is 12.9. The molecule has 4 N–H and O–H groups in total. The van der Waals surface area contributed by atoms with Crippen molar-refractivity contribution in [3.63, 3.8) is 0 Å². The topological polar surface area (TPSA) is 90.7 Å². The summed E-state index contributed by atoms with van der Waals surface area (Å²) in [7, 11) is 0. The summed E-state index contributed by atoms with van der Waals surface area (Å²) in [6.45, 7) is 0.728. The number of hydrogen-bond donors (Lipinski definition) is 2. The lowest BCUT2D eigenvalue weighted by Crippen LogP contribution is -2.24. The molecule has 2 aliphatic rings. The number of carbonyl (C=O) groups excluding carboxylic acids is 1. The molecule has 0 unspecified atom stereocenters. The van der Waals surface area contributed by atoms with Gasteiger partial charge in [-0.15, -0.1) is 0 Å². The van der Waals surface area contributed by atoms with Gasteiger partial charge >= 0.3 is 0 Å². The Balaban J connectivity index is 1.81. The van der Waals surface area contributed by atoms with Crippen molar-refractivity contribution in [1.82, 2.24) is 0 Å². The van der Waals surface area contributed by atoms with E-state index in [2.05, 4.69) is 11.1 Å². The number of aliphatic imine (C=N–C) groups is 1. The Morgan fingerprint density at radius 1 is 1.39 bits per heavy atom. The van der Waals surface area contributed by atoms with Crippen molar-refractivity contribution < 1.29 is 9.53 Å². The summed E-state index contributed by atoms with van der Waals surface area (Å²) < 4.78 is 5.52. The number of guanidine groups is 1. The maximum Gasteiger partial charge on any atom is 0.252 e. The Hall–Kier alpha value is -2.04. The largest absolute Gasteiger partial charge is 0.493 e. The second-order valence-corrected chi connectivity index (χ2v) is 4.75. The normalized spacial score (nSPS) is 24.0. The maximum absolute atomic E-state index is 11.7. The number of ether oxygens (including phenoxy) is 1. The van der Waals surface area contributed by atoms with Crippen molar-refractivity contribution in [2.24, 2.45) is 22.4 Å². The van der Waals surface area contributed by atoms with Crippen LogP contribution in [0, 0.1) is 5.92 Å². The number of hydrogen-bond acceptors (Lipinski definition) is 2. The highest BCUT2D eigenvalue weighted by atomic mass is 16.5. The van der Waals surface area contributed by atoms with E-state index in [1.165, 1.54) is 11.1 Å². The van der Waals surface area contributed by atoms with Crippen LogP contribution in [0.25, 0.3) is 0 Å². The van der Waals surface area contributed by atoms with Crippen molar-refractivity contribution in [2.45, 2.75) is 18.8 Å². The quantitative estimate of drug-likeness (QED) is 0.587. The van der Waals surface area contributed by atoms with Crippen LogP contribution in [-0.4, -0.2) is 18.5 Å². The molecule has 1 aliphatic carbocycles. The van der Waals surface area contributed by atoms with Gasteiger partial charge in [-0.2, -0.15) is 4.99 Å². The third-order valence-corrected chi connectivity index (χ3v) is 3.53. The van der Waals surface area contributed by atoms with E-state index >= 15 is 0 Å². The number of amides is 1. The predicted molar refractivity (Wildman–Crippen MR) is 67.3 cm³/mol. The molecule has 5 nitrogen and oxygen atoms in total. The van der Waals surface area contributed by atoms with E-state index in [0.29, 0.717) is 0 Å². The van der Waals surface area contributed by atoms with Crippen LogP contribution in [0.2, 0.25) is 0 Å². The van der Waals surface area contributed by atoms with Gasteiger partial charge in [0.1, 0.15) is 5.75 Å². The van der Waals surface area contributed by atoms with Crippen LogP contribution in [0.3, 0.4) is 0 Å². The lowest BCUT2D eigenvalue weighted by atomic mass is 10.00. The fraction of sp³-hybridized carbons (Fsp3) is 0.385. The van der Waals surface area contributed by atoms with Crippen LogP contribution in [0.1, 0.15) is 23.5 Å². The third kappa shape index (κ3) is 1.81. The number of benzene rings is 1. The monoisotopic (exact) mass is 245 g/mol. The molecule has 1 fully saturated rings. The molecule has 1 aromatic rings. The van der Waals surface area contributed by atoms with E-state index in [9.17, 15) is 4.79 Å². The van der Waals surface area contributed by atoms with Gasteiger partial charge in [-0.1, -0.05) is 12.1 Å². The van der Waals surface area contributed by atoms with Crippen molar-refractivity contribution in [1.29, 1.82) is 0 Å². The van der Waals surface area contributed by atoms with Gasteiger partial charge in [0.15, 0.2) is 5.96 Å². The number of nitrogens with two attached hydrogens (primary N) is 2. The Morgan fingerprint density at radius 2 is 2.22 bits per heavy atom. The van der Waals surface area contributed by atoms with Crippen molar-refractivity contribution in [3.05, 3.63) is 29.3 Å². The van der Waals surface area contributed by atoms with Crippen molar-refractivity contribution in [3.8, 4) is 5.75 Å². The zero-order valence-corrected chi connectivity index (χ0v) is 9.93. The molecule has 2 atom stereocenters. The molecule has 0 bridgehead atoms. The summed E-state index contributed by atoms with van der Waals surface area (Å²) >= 11 is 0. The molecule has 1 heterocycles. The van der Waals surface area contributed by atoms with Crippen LogP contribution >= 0.6 is 0 Å². The van der Waals surface area contributed by atoms with E-state index < -0.39 is 0 Å². The first-order chi connectivity index (χ1) is 8.66. The second kappa shape index (κ2) is 4.01. The van der Waals surface area contributed by atoms with Gasteiger partial charge in [-0.3, -0.25) is 4.79 Å². The van der Waals surface area contributed by atoms with E-state index in [1.807, 2.05) is 12.1 Å². The number of rotatable bonds is 2. The fourth-order valence-electron chi connectivity index (χ4n) is 2.62. The van der Waals surface area contributed by atoms with E-state index in [0.717, 1.165) is 25.2 Å². The summed E-state index contributed by atoms with van der Waals surface area (Å²) in [6.07, 6.45) is 1.75. The van der Waals surface area contributed by atoms with Crippen LogP contribution in [0.5, 0.6) is 5.75 Å². The average Bonchev–Trinajstić information content (AvgIpc) is 2.97. The van der Waals surface area contributed by atoms with Gasteiger partial charge in [-0.25, -0.2) is 0 Å². The summed E-state index contributed by atoms with van der Waals surface area (Å²) in [5, 5.41) is 0. The Labute approximate surface area is 105 Å². The van der Waals surface area contributed by atoms with Gasteiger partial charge < -0.3 is 16.2 Å². The highest BCUT2D eigenvalue weighted by Crippen LogP contribution is 2.51. The average molecular weight is 245 g/mol. The van der Waals surface area contributed by atoms with Gasteiger partial charge in [0, 0.05) is 17.9 Å². The van der Waals surface area contributed by atoms with Crippen molar-refractivity contribution >= 4 is 11.9 Å². The van der Waals surface area contributed by atoms with Crippen LogP contribution in [0.15, 0.2) is 23.2 Å². The molecule has 94 valence electrons. The number of nitrogens with zero attached hydrogens (tertiary/aromatic N) is 1. The molecule has 3 rings (SSSR count). The van der Waals surface area contributed by atoms with Gasteiger partial charge in [0.25, 0.3) is 5.91 Å². The minimum Gasteiger partial charge on any atom is -0.493 e. The van der Waals surface area contributed by atoms with Crippen LogP contribution < -0.4 is 16.2 Å². The summed E-state index contributed by atoms with van der Waals surface area (Å²) in [6, 6.07) is 6.02. The molecule has 0 radical (unpaired) electrons. The first kappa shape index (κ1) is 11.1. The van der Waals surface area contributed by atoms with E-state index in [-0.39, 0.29) is 23.7 Å². The lowest BCUT2D eigenvalue weighted by Gasteiger charge is -2.05. The highest BCUT2D eigenvalue weighted by Gasteiger charge is 2.45. The molecule has 18 heavy (non-hydrogen) atoms. The minimum atomic E-state index is -0.212. The fourth-order valence-corrected chi connectivity index (χ4v) is 2.62. The molecule has 1 aliphatic heterocycles. The van der Waals surface area contributed by atoms with E-state index in [4.69, 9.17) is 16.2 Å². The van der Waals surface area contributed by atoms with Crippen molar-refractivity contribution in [2.75, 3.05) is 6.61 Å². The van der Waals surface area contributed by atoms with Gasteiger partial charge in [0.05, 0.1) is 6.61 Å². The molecule has 0 spiro atoms. The number of fused-ring (bicyclic) bond motifs is 1. The SMILES string of the molecule is NC(N)=NC(=O)[C@@H]1C[C@@H]1c1cccc2c1CCO2. The molecule has 5 heteroatoms. The molecule has 0 saturated heterocycles. The van der Waals surface area contributed by atoms with Gasteiger partial charge in [-0.05, 0) is 24.0 Å². The van der Waals surface area contributed by atoms with E-state index in [1.54, 1.807) is 0 Å². The Kier molecular flexibility index (Phi) is 2.47. The maximum atomic E-state index is 11.7. The second-order valence-electron chi connectivity index (χ2n) is 4.75. The molecular formula is C13H15N3O2. The highest BCUT2D eigenvalue weighted by molar-refractivity contribution is 5.94. The molecule has 0 aromatic heterocycles. The standard InChI is InChI=1S/C13H15N3O2/c14-13(15)16-12(17)10-6-9(10)7-2-1-3-11-8(7)4-5-18-11/h1-3,9-10H,4-6H2,(H4,14,15,16,17)/t9-,10-/m1/s1. The minimum absolute atomic E-state index is 0.0702. The molecule has 1 saturated carbocycles. The molecule has 1 amide bonds. The summed E-state index contributed by atoms with van der Waals surface area (Å²) in [4.78, 5) is 15.3. The zero-order chi connectivity index (χ0) is 12.7. The van der Waals surface area contributed by atoms with Crippen LogP contribution in [0.4, 0.5) is 0 Å². The first-order valence-electron chi connectivity index (χ1n) is 6.05. The third-order valence-electron chi connectivity index (χ3n) is 3.53. The smallest absolute Gasteiger partial charge is 0.252 e. The first-order valence-corrected chi connectivity index (χ1v) is 6.05. The summed E-state index contributed by atoms with van der Waals surface area (Å²) in [5.74, 6) is 0.757. The predicted octanol–water partition coefficient (Wildman–Crippen LogP) is 0.525. The Bertz CT molecular complexity index is 535.